The number of nitriles is 1. The predicted molar refractivity (Wildman–Crippen MR) is 149 cm³/mol. The molecule has 0 aliphatic rings. The zero-order chi connectivity index (χ0) is 26.9. The van der Waals surface area contributed by atoms with E-state index >= 15 is 0 Å². The molecule has 0 saturated carbocycles. The normalized spacial score (nSPS) is 10.9. The largest absolute Gasteiger partial charge is 0.490 e. The smallest absolute Gasteiger partial charge is 0.266 e. The Morgan fingerprint density at radius 1 is 1.08 bits per heavy atom. The fourth-order valence-corrected chi connectivity index (χ4v) is 4.09. The summed E-state index contributed by atoms with van der Waals surface area (Å²) in [5, 5.41) is 15.4. The molecule has 0 bridgehead atoms. The summed E-state index contributed by atoms with van der Waals surface area (Å²) in [6, 6.07) is 15.6. The number of hydrogen-bond acceptors (Lipinski definition) is 5. The van der Waals surface area contributed by atoms with E-state index in [0.29, 0.717) is 43.6 Å². The molecule has 0 unspecified atom stereocenters. The van der Waals surface area contributed by atoms with E-state index in [9.17, 15) is 19.2 Å². The molecule has 0 aromatic heterocycles. The van der Waals surface area contributed by atoms with Crippen molar-refractivity contribution in [2.75, 3.05) is 23.8 Å². The van der Waals surface area contributed by atoms with Crippen molar-refractivity contribution >= 4 is 63.5 Å². The molecule has 0 saturated heterocycles. The zero-order valence-electron chi connectivity index (χ0n) is 19.9. The maximum absolute atomic E-state index is 13.1. The van der Waals surface area contributed by atoms with E-state index in [-0.39, 0.29) is 18.1 Å². The Kier molecular flexibility index (Phi) is 9.88. The molecule has 7 nitrogen and oxygen atoms in total. The summed E-state index contributed by atoms with van der Waals surface area (Å²) in [4.78, 5) is 25.0. The van der Waals surface area contributed by atoms with E-state index < -0.39 is 11.7 Å². The van der Waals surface area contributed by atoms with Crippen LogP contribution >= 0.6 is 34.2 Å². The van der Waals surface area contributed by atoms with Crippen molar-refractivity contribution < 1.29 is 23.5 Å². The minimum absolute atomic E-state index is 0.160. The number of halogens is 3. The topological polar surface area (TPSA) is 100 Å². The molecular weight excluding hydrogens is 612 g/mol. The number of nitrogens with one attached hydrogen (secondary N) is 2. The Hall–Kier alpha value is -3.62. The number of carbonyl (C=O) groups excluding carboxylic acids is 2. The van der Waals surface area contributed by atoms with E-state index in [0.717, 1.165) is 5.56 Å². The van der Waals surface area contributed by atoms with Crippen molar-refractivity contribution in [2.45, 2.75) is 13.8 Å². The molecule has 3 aromatic rings. The average Bonchev–Trinajstić information content (AvgIpc) is 2.85. The number of carbonyl (C=O) groups is 2. The summed E-state index contributed by atoms with van der Waals surface area (Å²) in [6.45, 7) is 3.71. The van der Waals surface area contributed by atoms with Crippen LogP contribution in [0.1, 0.15) is 18.1 Å². The molecule has 0 aliphatic heterocycles. The first-order valence-corrected chi connectivity index (χ1v) is 12.5. The molecule has 37 heavy (non-hydrogen) atoms. The predicted octanol–water partition coefficient (Wildman–Crippen LogP) is 6.35. The summed E-state index contributed by atoms with van der Waals surface area (Å²) in [5.41, 5.74) is 2.16. The number of rotatable bonds is 9. The second-order valence-corrected chi connectivity index (χ2v) is 9.26. The van der Waals surface area contributed by atoms with Crippen molar-refractivity contribution in [1.82, 2.24) is 0 Å². The molecule has 3 rings (SSSR count). The van der Waals surface area contributed by atoms with Gasteiger partial charge in [0.05, 0.1) is 10.2 Å². The highest BCUT2D eigenvalue weighted by Gasteiger charge is 2.16. The fourth-order valence-electron chi connectivity index (χ4n) is 3.13. The fraction of sp³-hybridized carbons (Fsp3) is 0.148. The Balaban J connectivity index is 1.76. The van der Waals surface area contributed by atoms with Gasteiger partial charge in [-0.2, -0.15) is 5.26 Å². The van der Waals surface area contributed by atoms with Crippen molar-refractivity contribution in [3.05, 3.63) is 85.7 Å². The Morgan fingerprint density at radius 2 is 1.78 bits per heavy atom. The molecule has 10 heteroatoms. The lowest BCUT2D eigenvalue weighted by Gasteiger charge is -2.15. The van der Waals surface area contributed by atoms with Gasteiger partial charge in [-0.25, -0.2) is 4.39 Å². The van der Waals surface area contributed by atoms with Crippen molar-refractivity contribution in [1.29, 1.82) is 5.26 Å². The molecular formula is C27H22ClFIN3O4. The van der Waals surface area contributed by atoms with Crippen LogP contribution in [-0.2, 0) is 9.59 Å². The zero-order valence-corrected chi connectivity index (χ0v) is 22.8. The molecule has 3 aromatic carbocycles. The van der Waals surface area contributed by atoms with Gasteiger partial charge in [-0.3, -0.25) is 9.59 Å². The first kappa shape index (κ1) is 28.0. The minimum atomic E-state index is -0.643. The summed E-state index contributed by atoms with van der Waals surface area (Å²) in [6.07, 6.45) is 1.40. The van der Waals surface area contributed by atoms with Gasteiger partial charge in [0.1, 0.15) is 17.5 Å². The van der Waals surface area contributed by atoms with Crippen LogP contribution in [-0.4, -0.2) is 25.0 Å². The van der Waals surface area contributed by atoms with E-state index in [1.165, 1.54) is 30.3 Å². The highest BCUT2D eigenvalue weighted by molar-refractivity contribution is 14.1. The monoisotopic (exact) mass is 633 g/mol. The van der Waals surface area contributed by atoms with Crippen LogP contribution in [0.2, 0.25) is 5.02 Å². The van der Waals surface area contributed by atoms with Gasteiger partial charge in [-0.1, -0.05) is 17.7 Å². The molecule has 0 fully saturated rings. The maximum Gasteiger partial charge on any atom is 0.266 e. The van der Waals surface area contributed by atoms with Crippen LogP contribution in [0, 0.1) is 27.6 Å². The molecule has 0 spiro atoms. The van der Waals surface area contributed by atoms with Crippen LogP contribution in [0.4, 0.5) is 15.8 Å². The number of anilines is 2. The summed E-state index contributed by atoms with van der Waals surface area (Å²) >= 11 is 8.13. The van der Waals surface area contributed by atoms with Crippen LogP contribution in [0.5, 0.6) is 11.5 Å². The van der Waals surface area contributed by atoms with E-state index in [1.807, 2.05) is 35.6 Å². The standard InChI is InChI=1S/C27H22ClFIN3O4/c1-3-36-24-12-17(10-18(14-31)27(35)33-20-8-5-19(29)6-9-20)11-23(30)26(24)37-15-25(34)32-21-7-4-16(2)22(28)13-21/h4-13H,3,15H2,1-2H3,(H,32,34)(H,33,35)/b18-10+. The van der Waals surface area contributed by atoms with E-state index in [2.05, 4.69) is 10.6 Å². The molecule has 190 valence electrons. The maximum atomic E-state index is 13.1. The van der Waals surface area contributed by atoms with Gasteiger partial charge in [-0.05, 0) is 102 Å². The second-order valence-electron chi connectivity index (χ2n) is 7.69. The van der Waals surface area contributed by atoms with Gasteiger partial charge in [0.2, 0.25) is 0 Å². The molecule has 0 aliphatic carbocycles. The average molecular weight is 634 g/mol. The quantitative estimate of drug-likeness (QED) is 0.162. The third-order valence-corrected chi connectivity index (χ3v) is 6.12. The number of benzene rings is 3. The van der Waals surface area contributed by atoms with E-state index in [1.54, 1.807) is 37.3 Å². The highest BCUT2D eigenvalue weighted by Crippen LogP contribution is 2.35. The molecule has 0 atom stereocenters. The number of aryl methyl sites for hydroxylation is 1. The summed E-state index contributed by atoms with van der Waals surface area (Å²) in [7, 11) is 0. The Labute approximate surface area is 232 Å². The number of amides is 2. The first-order valence-electron chi connectivity index (χ1n) is 11.0. The molecule has 2 amide bonds. The third-order valence-electron chi connectivity index (χ3n) is 4.91. The van der Waals surface area contributed by atoms with Crippen molar-refractivity contribution in [3.63, 3.8) is 0 Å². The number of nitrogens with zero attached hydrogens (tertiary/aromatic N) is 1. The lowest BCUT2D eigenvalue weighted by atomic mass is 10.1. The van der Waals surface area contributed by atoms with Gasteiger partial charge < -0.3 is 20.1 Å². The Bertz CT molecular complexity index is 1390. The van der Waals surface area contributed by atoms with Gasteiger partial charge in [0.25, 0.3) is 11.8 Å². The van der Waals surface area contributed by atoms with Gasteiger partial charge in [0.15, 0.2) is 18.1 Å². The van der Waals surface area contributed by atoms with Crippen LogP contribution < -0.4 is 20.1 Å². The van der Waals surface area contributed by atoms with E-state index in [4.69, 9.17) is 21.1 Å². The minimum Gasteiger partial charge on any atom is -0.490 e. The highest BCUT2D eigenvalue weighted by atomic mass is 127. The molecule has 2 N–H and O–H groups in total. The third kappa shape index (κ3) is 7.93. The van der Waals surface area contributed by atoms with Crippen LogP contribution in [0.15, 0.2) is 60.2 Å². The van der Waals surface area contributed by atoms with Gasteiger partial charge in [0, 0.05) is 16.4 Å². The number of hydrogen-bond donors (Lipinski definition) is 2. The summed E-state index contributed by atoms with van der Waals surface area (Å²) in [5.74, 6) is -0.762. The van der Waals surface area contributed by atoms with Crippen molar-refractivity contribution in [3.8, 4) is 17.6 Å². The van der Waals surface area contributed by atoms with Crippen LogP contribution in [0.25, 0.3) is 6.08 Å². The Morgan fingerprint density at radius 3 is 2.43 bits per heavy atom. The molecule has 0 heterocycles. The van der Waals surface area contributed by atoms with Gasteiger partial charge in [-0.15, -0.1) is 0 Å². The summed E-state index contributed by atoms with van der Waals surface area (Å²) < 4.78 is 25.2. The van der Waals surface area contributed by atoms with Crippen molar-refractivity contribution in [2.24, 2.45) is 0 Å². The van der Waals surface area contributed by atoms with Crippen LogP contribution in [0.3, 0.4) is 0 Å². The lowest BCUT2D eigenvalue weighted by molar-refractivity contribution is -0.118. The first-order chi connectivity index (χ1) is 17.7. The molecule has 0 radical (unpaired) electrons. The SMILES string of the molecule is CCOc1cc(/C=C(\C#N)C(=O)Nc2ccc(F)cc2)cc(I)c1OCC(=O)Nc1ccc(C)c(Cl)c1. The number of ether oxygens (including phenoxy) is 2. The lowest BCUT2D eigenvalue weighted by Crippen LogP contribution is -2.20. The second kappa shape index (κ2) is 13.1. The van der Waals surface area contributed by atoms with Gasteiger partial charge >= 0.3 is 0 Å².